The van der Waals surface area contributed by atoms with Gasteiger partial charge in [0.15, 0.2) is 0 Å². The molecule has 5 rings (SSSR count). The molecule has 0 bridgehead atoms. The van der Waals surface area contributed by atoms with Crippen molar-refractivity contribution in [3.63, 3.8) is 0 Å². The van der Waals surface area contributed by atoms with E-state index in [0.29, 0.717) is 25.4 Å². The number of anilines is 2. The summed E-state index contributed by atoms with van der Waals surface area (Å²) in [4.78, 5) is 35.4. The number of rotatable bonds is 7. The smallest absolute Gasteiger partial charge is 0.417 e. The van der Waals surface area contributed by atoms with Gasteiger partial charge in [0.2, 0.25) is 11.4 Å². The van der Waals surface area contributed by atoms with Crippen molar-refractivity contribution >= 4 is 17.3 Å². The summed E-state index contributed by atoms with van der Waals surface area (Å²) in [6.07, 6.45) is -2.97. The average molecular weight is 635 g/mol. The van der Waals surface area contributed by atoms with E-state index in [-0.39, 0.29) is 52.6 Å². The maximum Gasteiger partial charge on any atom is 0.417 e. The van der Waals surface area contributed by atoms with Crippen molar-refractivity contribution in [2.24, 2.45) is 0 Å². The fraction of sp³-hybridized carbons (Fsp3) is 0.273. The molecular formula is C33H30F4N6O3. The van der Waals surface area contributed by atoms with Crippen LogP contribution in [0, 0.1) is 17.1 Å². The Balaban J connectivity index is 1.55. The summed E-state index contributed by atoms with van der Waals surface area (Å²) in [5, 5.41) is 12.3. The first-order chi connectivity index (χ1) is 21.8. The molecule has 0 saturated carbocycles. The molecule has 238 valence electrons. The first kappa shape index (κ1) is 32.2. The van der Waals surface area contributed by atoms with Gasteiger partial charge in [-0.05, 0) is 44.7 Å². The molecule has 0 unspecified atom stereocenters. The standard InChI is InChI=1S/C33H30F4N6O3/c1-19-16-43(17-20(2)42(19)3)29-12-27(34)24(10-28(29)41-31(45)25-15-39-30(44)11-26(25)33(35,36)37)23-9-22(13-38)32(40-14-23)46-18-21-7-5-4-6-8-21/h4-12,14-15,19-20H,16-18H2,1-3H3,(H,39,44)(H,41,45)/t19-,20+. The molecule has 4 aromatic rings. The van der Waals surface area contributed by atoms with Crippen molar-refractivity contribution in [3.05, 3.63) is 105 Å². The van der Waals surface area contributed by atoms with Gasteiger partial charge in [0.25, 0.3) is 5.91 Å². The van der Waals surface area contributed by atoms with Gasteiger partial charge in [-0.25, -0.2) is 9.37 Å². The number of H-pyrrole nitrogens is 1. The summed E-state index contributed by atoms with van der Waals surface area (Å²) in [5.41, 5.74) is -1.93. The van der Waals surface area contributed by atoms with E-state index in [2.05, 4.69) is 20.2 Å². The third-order valence-electron chi connectivity index (χ3n) is 8.01. The largest absolute Gasteiger partial charge is 0.472 e. The lowest BCUT2D eigenvalue weighted by molar-refractivity contribution is -0.138. The monoisotopic (exact) mass is 634 g/mol. The molecule has 2 aromatic heterocycles. The SMILES string of the molecule is C[C@@H]1CN(c2cc(F)c(-c3cnc(OCc4ccccc4)c(C#N)c3)cc2NC(=O)c2c[nH]c(=O)cc2C(F)(F)F)C[C@H](C)N1C. The van der Waals surface area contributed by atoms with Gasteiger partial charge >= 0.3 is 6.18 Å². The van der Waals surface area contributed by atoms with Crippen molar-refractivity contribution in [3.8, 4) is 23.1 Å². The zero-order chi connectivity index (χ0) is 33.2. The fourth-order valence-electron chi connectivity index (χ4n) is 5.35. The number of amides is 1. The Morgan fingerprint density at radius 1 is 1.13 bits per heavy atom. The van der Waals surface area contributed by atoms with Crippen LogP contribution in [0.5, 0.6) is 5.88 Å². The van der Waals surface area contributed by atoms with Crippen molar-refractivity contribution in [1.29, 1.82) is 5.26 Å². The van der Waals surface area contributed by atoms with E-state index in [4.69, 9.17) is 4.74 Å². The number of aromatic amines is 1. The number of pyridine rings is 2. The second-order valence-corrected chi connectivity index (χ2v) is 11.2. The number of likely N-dealkylation sites (N-methyl/N-ethyl adjacent to an activating group) is 1. The van der Waals surface area contributed by atoms with E-state index < -0.39 is 34.6 Å². The van der Waals surface area contributed by atoms with Crippen LogP contribution in [-0.2, 0) is 12.8 Å². The van der Waals surface area contributed by atoms with Crippen molar-refractivity contribution in [1.82, 2.24) is 14.9 Å². The molecule has 0 spiro atoms. The molecule has 0 aliphatic carbocycles. The number of carbonyl (C=O) groups is 1. The third kappa shape index (κ3) is 6.87. The maximum atomic E-state index is 15.9. The quantitative estimate of drug-likeness (QED) is 0.246. The zero-order valence-electron chi connectivity index (χ0n) is 25.2. The number of benzene rings is 2. The van der Waals surface area contributed by atoms with Gasteiger partial charge in [0, 0.05) is 54.8 Å². The number of aromatic nitrogens is 2. The number of nitrogens with one attached hydrogen (secondary N) is 2. The highest BCUT2D eigenvalue weighted by atomic mass is 19.4. The van der Waals surface area contributed by atoms with Crippen molar-refractivity contribution in [2.75, 3.05) is 30.4 Å². The Morgan fingerprint density at radius 2 is 1.83 bits per heavy atom. The molecule has 3 heterocycles. The minimum absolute atomic E-state index is 0.0345. The molecule has 2 atom stereocenters. The number of hydrogen-bond acceptors (Lipinski definition) is 7. The molecule has 9 nitrogen and oxygen atoms in total. The van der Waals surface area contributed by atoms with Crippen molar-refractivity contribution < 1.29 is 27.1 Å². The van der Waals surface area contributed by atoms with Crippen LogP contribution >= 0.6 is 0 Å². The van der Waals surface area contributed by atoms with Crippen LogP contribution in [-0.4, -0.2) is 53.0 Å². The summed E-state index contributed by atoms with van der Waals surface area (Å²) < 4.78 is 62.9. The van der Waals surface area contributed by atoms with Crippen LogP contribution in [0.4, 0.5) is 28.9 Å². The van der Waals surface area contributed by atoms with Crippen LogP contribution in [0.3, 0.4) is 0 Å². The molecule has 1 fully saturated rings. The average Bonchev–Trinajstić information content (AvgIpc) is 3.03. The number of hydrogen-bond donors (Lipinski definition) is 2. The van der Waals surface area contributed by atoms with Gasteiger partial charge in [-0.2, -0.15) is 18.4 Å². The van der Waals surface area contributed by atoms with Gasteiger partial charge in [-0.15, -0.1) is 0 Å². The highest BCUT2D eigenvalue weighted by Crippen LogP contribution is 2.38. The minimum atomic E-state index is -4.98. The van der Waals surface area contributed by atoms with Crippen LogP contribution < -0.4 is 20.5 Å². The second kappa shape index (κ2) is 13.0. The fourth-order valence-corrected chi connectivity index (χ4v) is 5.35. The molecule has 1 aliphatic rings. The Hall–Kier alpha value is -5.22. The van der Waals surface area contributed by atoms with Gasteiger partial charge < -0.3 is 19.9 Å². The molecule has 1 saturated heterocycles. The van der Waals surface area contributed by atoms with Crippen LogP contribution in [0.2, 0.25) is 0 Å². The minimum Gasteiger partial charge on any atom is -0.472 e. The van der Waals surface area contributed by atoms with Crippen LogP contribution in [0.1, 0.15) is 40.9 Å². The molecule has 13 heteroatoms. The molecule has 1 aliphatic heterocycles. The zero-order valence-corrected chi connectivity index (χ0v) is 25.2. The lowest BCUT2D eigenvalue weighted by Crippen LogP contribution is -2.55. The molecule has 46 heavy (non-hydrogen) atoms. The number of halogens is 4. The van der Waals surface area contributed by atoms with E-state index >= 15 is 4.39 Å². The third-order valence-corrected chi connectivity index (χ3v) is 8.01. The van der Waals surface area contributed by atoms with Gasteiger partial charge in [-0.1, -0.05) is 30.3 Å². The van der Waals surface area contributed by atoms with E-state index in [9.17, 15) is 28.0 Å². The normalized spacial score (nSPS) is 17.0. The number of alkyl halides is 3. The van der Waals surface area contributed by atoms with Gasteiger partial charge in [-0.3, -0.25) is 14.5 Å². The van der Waals surface area contributed by atoms with Gasteiger partial charge in [0.05, 0.1) is 22.5 Å². The summed E-state index contributed by atoms with van der Waals surface area (Å²) in [6, 6.07) is 15.5. The highest BCUT2D eigenvalue weighted by Gasteiger charge is 2.36. The maximum absolute atomic E-state index is 15.9. The first-order valence-electron chi connectivity index (χ1n) is 14.3. The topological polar surface area (TPSA) is 114 Å². The molecular weight excluding hydrogens is 604 g/mol. The number of nitrogens with zero attached hydrogens (tertiary/aromatic N) is 4. The molecule has 2 aromatic carbocycles. The van der Waals surface area contributed by atoms with E-state index in [1.165, 1.54) is 24.4 Å². The highest BCUT2D eigenvalue weighted by molar-refractivity contribution is 6.07. The molecule has 1 amide bonds. The number of nitriles is 1. The lowest BCUT2D eigenvalue weighted by Gasteiger charge is -2.44. The van der Waals surface area contributed by atoms with Gasteiger partial charge in [0.1, 0.15) is 24.1 Å². The Bertz CT molecular complexity index is 1840. The first-order valence-corrected chi connectivity index (χ1v) is 14.3. The number of piperazine rings is 1. The summed E-state index contributed by atoms with van der Waals surface area (Å²) >= 11 is 0. The summed E-state index contributed by atoms with van der Waals surface area (Å²) in [7, 11) is 1.96. The predicted octanol–water partition coefficient (Wildman–Crippen LogP) is 5.83. The Labute approximate surface area is 262 Å². The van der Waals surface area contributed by atoms with Crippen LogP contribution in [0.15, 0.2) is 71.8 Å². The van der Waals surface area contributed by atoms with Crippen molar-refractivity contribution in [2.45, 2.75) is 38.7 Å². The molecule has 0 radical (unpaired) electrons. The summed E-state index contributed by atoms with van der Waals surface area (Å²) in [5.74, 6) is -1.81. The Morgan fingerprint density at radius 3 is 2.48 bits per heavy atom. The van der Waals surface area contributed by atoms with E-state index in [0.717, 1.165) is 5.56 Å². The van der Waals surface area contributed by atoms with E-state index in [1.54, 1.807) is 0 Å². The van der Waals surface area contributed by atoms with Crippen LogP contribution in [0.25, 0.3) is 11.1 Å². The second-order valence-electron chi connectivity index (χ2n) is 11.2. The number of ether oxygens (including phenoxy) is 1. The number of carbonyl (C=O) groups excluding carboxylic acids is 1. The molecule has 2 N–H and O–H groups in total. The summed E-state index contributed by atoms with van der Waals surface area (Å²) in [6.45, 7) is 5.01. The lowest BCUT2D eigenvalue weighted by atomic mass is 10.0. The predicted molar refractivity (Wildman–Crippen MR) is 164 cm³/mol. The Kier molecular flexibility index (Phi) is 9.11. The van der Waals surface area contributed by atoms with E-state index in [1.807, 2.05) is 62.2 Å².